The Hall–Kier alpha value is -2.49. The molecule has 1 atom stereocenters. The first-order valence-corrected chi connectivity index (χ1v) is 14.7. The second-order valence-corrected chi connectivity index (χ2v) is 11.7. The molecule has 0 aromatic heterocycles. The Morgan fingerprint density at radius 1 is 1.05 bits per heavy atom. The van der Waals surface area contributed by atoms with Crippen LogP contribution in [0.1, 0.15) is 46.1 Å². The number of ether oxygens (including phenoxy) is 1. The van der Waals surface area contributed by atoms with Gasteiger partial charge in [0.2, 0.25) is 21.8 Å². The van der Waals surface area contributed by atoms with Gasteiger partial charge < -0.3 is 15.0 Å². The van der Waals surface area contributed by atoms with Crippen LogP contribution in [0.15, 0.2) is 42.5 Å². The van der Waals surface area contributed by atoms with Crippen molar-refractivity contribution in [3.8, 4) is 5.75 Å². The van der Waals surface area contributed by atoms with E-state index in [1.165, 1.54) is 9.21 Å². The second-order valence-electron chi connectivity index (χ2n) is 8.95. The maximum Gasteiger partial charge on any atom is 0.242 e. The highest BCUT2D eigenvalue weighted by molar-refractivity contribution is 7.92. The average molecular weight is 573 g/mol. The van der Waals surface area contributed by atoms with E-state index in [0.29, 0.717) is 28.1 Å². The molecule has 2 amide bonds. The van der Waals surface area contributed by atoms with Gasteiger partial charge in [0.25, 0.3) is 0 Å². The van der Waals surface area contributed by atoms with E-state index in [4.69, 9.17) is 27.9 Å². The van der Waals surface area contributed by atoms with E-state index in [1.54, 1.807) is 49.4 Å². The lowest BCUT2D eigenvalue weighted by Gasteiger charge is -2.30. The number of anilines is 1. The monoisotopic (exact) mass is 571 g/mol. The van der Waals surface area contributed by atoms with Crippen LogP contribution < -0.4 is 14.4 Å². The number of rotatable bonds is 13. The molecule has 1 N–H and O–H groups in total. The Morgan fingerprint density at radius 3 is 2.32 bits per heavy atom. The molecule has 0 aliphatic rings. The van der Waals surface area contributed by atoms with Gasteiger partial charge in [0.1, 0.15) is 11.8 Å². The minimum Gasteiger partial charge on any atom is -0.492 e. The van der Waals surface area contributed by atoms with Crippen LogP contribution >= 0.6 is 23.2 Å². The van der Waals surface area contributed by atoms with Crippen LogP contribution in [-0.4, -0.2) is 56.6 Å². The Labute approximate surface area is 229 Å². The van der Waals surface area contributed by atoms with Crippen LogP contribution in [0.5, 0.6) is 5.75 Å². The number of nitrogens with one attached hydrogen (secondary N) is 1. The molecule has 204 valence electrons. The van der Waals surface area contributed by atoms with Gasteiger partial charge in [-0.05, 0) is 63.9 Å². The summed E-state index contributed by atoms with van der Waals surface area (Å²) in [5, 5.41) is 3.58. The van der Waals surface area contributed by atoms with Gasteiger partial charge in [0.05, 0.1) is 28.6 Å². The smallest absolute Gasteiger partial charge is 0.242 e. The minimum absolute atomic E-state index is 0.0312. The van der Waals surface area contributed by atoms with Crippen LogP contribution in [0.3, 0.4) is 0 Å². The number of hydrogen-bond donors (Lipinski definition) is 1. The fourth-order valence-corrected chi connectivity index (χ4v) is 5.04. The van der Waals surface area contributed by atoms with Crippen LogP contribution in [0, 0.1) is 0 Å². The quantitative estimate of drug-likeness (QED) is 0.369. The topological polar surface area (TPSA) is 96.0 Å². The number of amides is 2. The lowest BCUT2D eigenvalue weighted by Crippen LogP contribution is -2.49. The summed E-state index contributed by atoms with van der Waals surface area (Å²) in [6.45, 7) is 7.76. The van der Waals surface area contributed by atoms with Gasteiger partial charge in [0, 0.05) is 25.6 Å². The molecular formula is C26H35Cl2N3O5S. The van der Waals surface area contributed by atoms with Gasteiger partial charge in [-0.15, -0.1) is 0 Å². The van der Waals surface area contributed by atoms with Crippen molar-refractivity contribution in [2.24, 2.45) is 0 Å². The van der Waals surface area contributed by atoms with Crippen molar-refractivity contribution in [3.05, 3.63) is 58.1 Å². The molecule has 2 aromatic rings. The highest BCUT2D eigenvalue weighted by Crippen LogP contribution is 2.30. The first kappa shape index (κ1) is 30.7. The fraction of sp³-hybridized carbons (Fsp3) is 0.462. The van der Waals surface area contributed by atoms with Crippen molar-refractivity contribution in [1.82, 2.24) is 10.2 Å². The van der Waals surface area contributed by atoms with Crippen molar-refractivity contribution in [3.63, 3.8) is 0 Å². The molecule has 0 bridgehead atoms. The number of halogens is 2. The molecule has 11 heteroatoms. The van der Waals surface area contributed by atoms with Gasteiger partial charge in [-0.3, -0.25) is 13.9 Å². The van der Waals surface area contributed by atoms with E-state index >= 15 is 0 Å². The van der Waals surface area contributed by atoms with Gasteiger partial charge in [-0.1, -0.05) is 41.4 Å². The number of sulfonamides is 1. The van der Waals surface area contributed by atoms with Crippen molar-refractivity contribution in [2.45, 2.75) is 59.2 Å². The summed E-state index contributed by atoms with van der Waals surface area (Å²) < 4.78 is 32.0. The molecule has 37 heavy (non-hydrogen) atoms. The zero-order valence-electron chi connectivity index (χ0n) is 21.8. The third-order valence-electron chi connectivity index (χ3n) is 5.52. The molecule has 2 rings (SSSR count). The summed E-state index contributed by atoms with van der Waals surface area (Å²) in [7, 11) is -3.64. The third kappa shape index (κ3) is 9.09. The SMILES string of the molecule is CCOc1ccccc1N(CCCC(=O)N(Cc1ccc(Cl)c(Cl)c1)[C@@H](C)C(=O)NC(C)C)S(C)(=O)=O. The van der Waals surface area contributed by atoms with Gasteiger partial charge in [-0.25, -0.2) is 8.42 Å². The van der Waals surface area contributed by atoms with Crippen molar-refractivity contribution >= 4 is 50.7 Å². The maximum absolute atomic E-state index is 13.4. The maximum atomic E-state index is 13.4. The highest BCUT2D eigenvalue weighted by Gasteiger charge is 2.27. The molecule has 0 saturated heterocycles. The molecule has 0 saturated carbocycles. The molecule has 0 spiro atoms. The first-order valence-electron chi connectivity index (χ1n) is 12.1. The Kier molecular flexibility index (Phi) is 11.5. The molecule has 0 aliphatic heterocycles. The summed E-state index contributed by atoms with van der Waals surface area (Å²) in [6, 6.07) is 11.1. The third-order valence-corrected chi connectivity index (χ3v) is 7.44. The van der Waals surface area contributed by atoms with Crippen LogP contribution in [-0.2, 0) is 26.2 Å². The lowest BCUT2D eigenvalue weighted by molar-refractivity contribution is -0.140. The van der Waals surface area contributed by atoms with E-state index in [2.05, 4.69) is 5.32 Å². The Bertz CT molecular complexity index is 1190. The van der Waals surface area contributed by atoms with Crippen molar-refractivity contribution in [1.29, 1.82) is 0 Å². The van der Waals surface area contributed by atoms with Crippen molar-refractivity contribution in [2.75, 3.05) is 23.7 Å². The number of hydrogen-bond acceptors (Lipinski definition) is 5. The minimum atomic E-state index is -3.64. The summed E-state index contributed by atoms with van der Waals surface area (Å²) in [4.78, 5) is 27.6. The van der Waals surface area contributed by atoms with Crippen LogP contribution in [0.25, 0.3) is 0 Å². The number of benzene rings is 2. The predicted octanol–water partition coefficient (Wildman–Crippen LogP) is 4.88. The largest absolute Gasteiger partial charge is 0.492 e. The number of carbonyl (C=O) groups excluding carboxylic acids is 2. The number of nitrogens with zero attached hydrogens (tertiary/aromatic N) is 2. The molecule has 0 radical (unpaired) electrons. The van der Waals surface area contributed by atoms with E-state index < -0.39 is 16.1 Å². The highest BCUT2D eigenvalue weighted by atomic mass is 35.5. The van der Waals surface area contributed by atoms with E-state index in [0.717, 1.165) is 11.8 Å². The lowest BCUT2D eigenvalue weighted by atomic mass is 10.1. The summed E-state index contributed by atoms with van der Waals surface area (Å²) >= 11 is 12.2. The Morgan fingerprint density at radius 2 is 1.73 bits per heavy atom. The molecular weight excluding hydrogens is 537 g/mol. The second kappa shape index (κ2) is 13.9. The first-order chi connectivity index (χ1) is 17.3. The molecule has 0 aliphatic carbocycles. The van der Waals surface area contributed by atoms with E-state index in [9.17, 15) is 18.0 Å². The summed E-state index contributed by atoms with van der Waals surface area (Å²) in [6.07, 6.45) is 1.39. The fourth-order valence-electron chi connectivity index (χ4n) is 3.75. The molecule has 0 fully saturated rings. The van der Waals surface area contributed by atoms with Crippen molar-refractivity contribution < 1.29 is 22.7 Å². The van der Waals surface area contributed by atoms with Gasteiger partial charge in [-0.2, -0.15) is 0 Å². The molecule has 8 nitrogen and oxygen atoms in total. The van der Waals surface area contributed by atoms with Crippen LogP contribution in [0.4, 0.5) is 5.69 Å². The molecule has 2 aromatic carbocycles. The van der Waals surface area contributed by atoms with Gasteiger partial charge >= 0.3 is 0 Å². The predicted molar refractivity (Wildman–Crippen MR) is 149 cm³/mol. The number of carbonyl (C=O) groups is 2. The normalized spacial score (nSPS) is 12.2. The molecule has 0 heterocycles. The number of para-hydroxylation sites is 2. The zero-order valence-corrected chi connectivity index (χ0v) is 24.2. The standard InChI is InChI=1S/C26H35Cl2N3O5S/c1-6-36-24-11-8-7-10-23(24)31(37(5,34)35)15-9-12-25(32)30(19(4)26(33)29-18(2)3)17-20-13-14-21(27)22(28)16-20/h7-8,10-11,13-14,16,18-19H,6,9,12,15,17H2,1-5H3,(H,29,33)/t19-/m0/s1. The van der Waals surface area contributed by atoms with Crippen LogP contribution in [0.2, 0.25) is 10.0 Å². The Balaban J connectivity index is 2.23. The van der Waals surface area contributed by atoms with Gasteiger partial charge in [0.15, 0.2) is 0 Å². The summed E-state index contributed by atoms with van der Waals surface area (Å²) in [5.74, 6) is -0.127. The summed E-state index contributed by atoms with van der Waals surface area (Å²) in [5.41, 5.74) is 1.13. The zero-order chi connectivity index (χ0) is 27.8. The van der Waals surface area contributed by atoms with E-state index in [1.807, 2.05) is 20.8 Å². The average Bonchev–Trinajstić information content (AvgIpc) is 2.81. The molecule has 0 unspecified atom stereocenters. The van der Waals surface area contributed by atoms with E-state index in [-0.39, 0.29) is 43.8 Å².